The van der Waals surface area contributed by atoms with E-state index in [1.54, 1.807) is 37.3 Å². The van der Waals surface area contributed by atoms with Crippen LogP contribution in [0.5, 0.6) is 0 Å². The van der Waals surface area contributed by atoms with Crippen molar-refractivity contribution < 1.29 is 9.72 Å². The molecule has 3 aromatic carbocycles. The van der Waals surface area contributed by atoms with Crippen LogP contribution in [-0.4, -0.2) is 15.8 Å². The Bertz CT molecular complexity index is 1390. The number of nitro groups is 1. The van der Waals surface area contributed by atoms with E-state index in [1.165, 1.54) is 6.07 Å². The molecule has 32 heavy (non-hydrogen) atoms. The first-order valence-corrected chi connectivity index (χ1v) is 10.8. The summed E-state index contributed by atoms with van der Waals surface area (Å²) in [6.07, 6.45) is 0. The second-order valence-corrected chi connectivity index (χ2v) is 8.75. The van der Waals surface area contributed by atoms with Gasteiger partial charge in [0.2, 0.25) is 0 Å². The smallest absolute Gasteiger partial charge is 0.274 e. The molecule has 4 aromatic rings. The van der Waals surface area contributed by atoms with E-state index in [4.69, 9.17) is 16.6 Å². The van der Waals surface area contributed by atoms with Crippen LogP contribution in [-0.2, 0) is 0 Å². The Morgan fingerprint density at radius 2 is 1.75 bits per heavy atom. The Labute approximate surface area is 197 Å². The molecule has 1 aromatic heterocycles. The van der Waals surface area contributed by atoms with Gasteiger partial charge in [-0.2, -0.15) is 0 Å². The van der Waals surface area contributed by atoms with Gasteiger partial charge in [-0.15, -0.1) is 0 Å². The Morgan fingerprint density at radius 3 is 2.44 bits per heavy atom. The molecule has 0 aliphatic rings. The van der Waals surface area contributed by atoms with Crippen LogP contribution in [0.2, 0.25) is 5.02 Å². The van der Waals surface area contributed by atoms with E-state index in [-0.39, 0.29) is 11.6 Å². The number of carbonyl (C=O) groups is 1. The molecular weight excluding hydrogens is 494 g/mol. The standard InChI is InChI=1S/C24H17BrClN3O3/c1-13-3-8-18(11-22(13)29(31)32)27-24(30)20-12-21(15-4-6-17(26)7-5-15)28-23-14(2)9-16(25)10-19(20)23/h3-12H,1-2H3,(H,27,30). The first-order chi connectivity index (χ1) is 15.2. The number of nitrogens with one attached hydrogen (secondary N) is 1. The maximum absolute atomic E-state index is 13.3. The molecule has 0 fully saturated rings. The first kappa shape index (κ1) is 21.9. The lowest BCUT2D eigenvalue weighted by Gasteiger charge is -2.13. The van der Waals surface area contributed by atoms with E-state index in [9.17, 15) is 14.9 Å². The third-order valence-electron chi connectivity index (χ3n) is 5.12. The van der Waals surface area contributed by atoms with E-state index in [2.05, 4.69) is 21.2 Å². The highest BCUT2D eigenvalue weighted by molar-refractivity contribution is 9.10. The van der Waals surface area contributed by atoms with Gasteiger partial charge in [-0.3, -0.25) is 14.9 Å². The van der Waals surface area contributed by atoms with Gasteiger partial charge in [0.05, 0.1) is 21.7 Å². The molecule has 0 saturated heterocycles. The Balaban J connectivity index is 1.84. The summed E-state index contributed by atoms with van der Waals surface area (Å²) in [6.45, 7) is 3.58. The zero-order valence-corrected chi connectivity index (χ0v) is 19.5. The summed E-state index contributed by atoms with van der Waals surface area (Å²) in [7, 11) is 0. The van der Waals surface area contributed by atoms with Crippen molar-refractivity contribution in [2.45, 2.75) is 13.8 Å². The Hall–Kier alpha value is -3.29. The average Bonchev–Trinajstić information content (AvgIpc) is 2.75. The molecule has 0 atom stereocenters. The molecule has 6 nitrogen and oxygen atoms in total. The lowest BCUT2D eigenvalue weighted by molar-refractivity contribution is -0.385. The van der Waals surface area contributed by atoms with Gasteiger partial charge < -0.3 is 5.32 Å². The summed E-state index contributed by atoms with van der Waals surface area (Å²) >= 11 is 9.51. The van der Waals surface area contributed by atoms with E-state index in [0.717, 1.165) is 15.6 Å². The number of aryl methyl sites for hydroxylation is 2. The highest BCUT2D eigenvalue weighted by atomic mass is 79.9. The number of pyridine rings is 1. The largest absolute Gasteiger partial charge is 0.322 e. The number of nitro benzene ring substituents is 1. The SMILES string of the molecule is Cc1ccc(NC(=O)c2cc(-c3ccc(Cl)cc3)nc3c(C)cc(Br)cc23)cc1[N+](=O)[O-]. The van der Waals surface area contributed by atoms with Crippen molar-refractivity contribution in [3.8, 4) is 11.3 Å². The molecule has 8 heteroatoms. The highest BCUT2D eigenvalue weighted by Gasteiger charge is 2.18. The van der Waals surface area contributed by atoms with Gasteiger partial charge in [-0.25, -0.2) is 4.98 Å². The summed E-state index contributed by atoms with van der Waals surface area (Å²) in [4.78, 5) is 28.9. The van der Waals surface area contributed by atoms with Gasteiger partial charge >= 0.3 is 0 Å². The molecule has 0 spiro atoms. The summed E-state index contributed by atoms with van der Waals surface area (Å²) in [6, 6.07) is 17.3. The monoisotopic (exact) mass is 509 g/mol. The average molecular weight is 511 g/mol. The van der Waals surface area contributed by atoms with Crippen LogP contribution < -0.4 is 5.32 Å². The van der Waals surface area contributed by atoms with Crippen LogP contribution in [0.3, 0.4) is 0 Å². The fourth-order valence-electron chi connectivity index (χ4n) is 3.50. The lowest BCUT2D eigenvalue weighted by atomic mass is 10.0. The second-order valence-electron chi connectivity index (χ2n) is 7.39. The molecule has 0 aliphatic carbocycles. The molecule has 1 amide bonds. The zero-order valence-electron chi connectivity index (χ0n) is 17.1. The molecule has 1 heterocycles. The minimum atomic E-state index is -0.466. The number of carbonyl (C=O) groups excluding carboxylic acids is 1. The minimum Gasteiger partial charge on any atom is -0.322 e. The molecule has 160 valence electrons. The predicted molar refractivity (Wildman–Crippen MR) is 130 cm³/mol. The number of aromatic nitrogens is 1. The number of fused-ring (bicyclic) bond motifs is 1. The van der Waals surface area contributed by atoms with Gasteiger partial charge in [0.15, 0.2) is 0 Å². The summed E-state index contributed by atoms with van der Waals surface area (Å²) in [5.74, 6) is -0.386. The van der Waals surface area contributed by atoms with Crippen LogP contribution in [0, 0.1) is 24.0 Å². The normalized spacial score (nSPS) is 10.9. The Kier molecular flexibility index (Phi) is 5.95. The van der Waals surface area contributed by atoms with Gasteiger partial charge in [-0.05, 0) is 55.8 Å². The number of hydrogen-bond donors (Lipinski definition) is 1. The van der Waals surface area contributed by atoms with Crippen molar-refractivity contribution in [3.63, 3.8) is 0 Å². The van der Waals surface area contributed by atoms with Crippen molar-refractivity contribution in [1.29, 1.82) is 0 Å². The lowest BCUT2D eigenvalue weighted by Crippen LogP contribution is -2.13. The van der Waals surface area contributed by atoms with Gasteiger partial charge in [-0.1, -0.05) is 45.7 Å². The highest BCUT2D eigenvalue weighted by Crippen LogP contribution is 2.31. The summed E-state index contributed by atoms with van der Waals surface area (Å²) in [5, 5.41) is 15.3. The molecular formula is C24H17BrClN3O3. The van der Waals surface area contributed by atoms with Crippen molar-refractivity contribution in [3.05, 3.63) is 97.0 Å². The number of halogens is 2. The maximum atomic E-state index is 13.3. The quantitative estimate of drug-likeness (QED) is 0.234. The minimum absolute atomic E-state index is 0.0529. The molecule has 0 aliphatic heterocycles. The fraction of sp³-hybridized carbons (Fsp3) is 0.0833. The van der Waals surface area contributed by atoms with E-state index in [1.807, 2.05) is 31.2 Å². The molecule has 0 bridgehead atoms. The number of hydrogen-bond acceptors (Lipinski definition) is 4. The predicted octanol–water partition coefficient (Wildman–Crippen LogP) is 7.10. The van der Waals surface area contributed by atoms with E-state index in [0.29, 0.717) is 38.4 Å². The third kappa shape index (κ3) is 4.35. The molecule has 4 rings (SSSR count). The number of nitrogens with zero attached hydrogens (tertiary/aromatic N) is 2. The van der Waals surface area contributed by atoms with Gasteiger partial charge in [0, 0.05) is 37.8 Å². The second kappa shape index (κ2) is 8.68. The summed E-state index contributed by atoms with van der Waals surface area (Å²) < 4.78 is 0.823. The van der Waals surface area contributed by atoms with E-state index >= 15 is 0 Å². The van der Waals surface area contributed by atoms with Crippen molar-refractivity contribution in [1.82, 2.24) is 4.98 Å². The third-order valence-corrected chi connectivity index (χ3v) is 5.83. The number of amides is 1. The fourth-order valence-corrected chi connectivity index (χ4v) is 4.19. The molecule has 0 saturated carbocycles. The molecule has 0 unspecified atom stereocenters. The Morgan fingerprint density at radius 1 is 1.03 bits per heavy atom. The zero-order chi connectivity index (χ0) is 23.0. The molecule has 1 N–H and O–H groups in total. The van der Waals surface area contributed by atoms with Crippen LogP contribution in [0.15, 0.2) is 65.1 Å². The number of rotatable bonds is 4. The topological polar surface area (TPSA) is 85.1 Å². The van der Waals surface area contributed by atoms with Crippen LogP contribution >= 0.6 is 27.5 Å². The molecule has 0 radical (unpaired) electrons. The first-order valence-electron chi connectivity index (χ1n) is 9.66. The number of anilines is 1. The van der Waals surface area contributed by atoms with Gasteiger partial charge in [0.25, 0.3) is 11.6 Å². The maximum Gasteiger partial charge on any atom is 0.274 e. The van der Waals surface area contributed by atoms with Crippen LogP contribution in [0.25, 0.3) is 22.2 Å². The summed E-state index contributed by atoms with van der Waals surface area (Å²) in [5.41, 5.74) is 4.27. The van der Waals surface area contributed by atoms with Crippen LogP contribution in [0.4, 0.5) is 11.4 Å². The van der Waals surface area contributed by atoms with Crippen molar-refractivity contribution in [2.24, 2.45) is 0 Å². The van der Waals surface area contributed by atoms with E-state index < -0.39 is 4.92 Å². The van der Waals surface area contributed by atoms with Crippen LogP contribution in [0.1, 0.15) is 21.5 Å². The van der Waals surface area contributed by atoms with Crippen molar-refractivity contribution in [2.75, 3.05) is 5.32 Å². The number of benzene rings is 3. The van der Waals surface area contributed by atoms with Crippen molar-refractivity contribution >= 4 is 55.7 Å². The van der Waals surface area contributed by atoms with Gasteiger partial charge in [0.1, 0.15) is 0 Å².